The van der Waals surface area contributed by atoms with Gasteiger partial charge in [0.2, 0.25) is 0 Å². The number of hydrogen-bond acceptors (Lipinski definition) is 7. The molecule has 2 N–H and O–H groups in total. The second-order valence-electron chi connectivity index (χ2n) is 7.26. The van der Waals surface area contributed by atoms with Crippen LogP contribution in [0, 0.1) is 0 Å². The zero-order valence-corrected chi connectivity index (χ0v) is 17.3. The SMILES string of the molecule is CC(C)(C)OC(=O)CC[C@H](NC(=O)OCc1ccccc1)c1nc(C(=O)O)cs1. The van der Waals surface area contributed by atoms with E-state index in [9.17, 15) is 14.4 Å². The van der Waals surface area contributed by atoms with Crippen molar-refractivity contribution < 1.29 is 29.0 Å². The van der Waals surface area contributed by atoms with Crippen molar-refractivity contribution in [2.75, 3.05) is 0 Å². The predicted octanol–water partition coefficient (Wildman–Crippen LogP) is 3.93. The summed E-state index contributed by atoms with van der Waals surface area (Å²) in [5, 5.41) is 13.5. The maximum atomic E-state index is 12.2. The number of thiazole rings is 1. The zero-order chi connectivity index (χ0) is 21.4. The quantitative estimate of drug-likeness (QED) is 0.622. The standard InChI is InChI=1S/C20H24N2O6S/c1-20(2,3)28-16(23)10-9-14(17-21-15(12-29-17)18(24)25)22-19(26)27-11-13-7-5-4-6-8-13/h4-8,12,14H,9-11H2,1-3H3,(H,22,26)(H,24,25)/t14-/m0/s1. The second kappa shape index (κ2) is 10.0. The number of ether oxygens (including phenoxy) is 2. The molecule has 2 rings (SSSR count). The minimum Gasteiger partial charge on any atom is -0.476 e. The van der Waals surface area contributed by atoms with Crippen LogP contribution in [-0.4, -0.2) is 33.7 Å². The molecule has 0 fully saturated rings. The number of carboxylic acid groups (broad SMARTS) is 1. The number of nitrogens with zero attached hydrogens (tertiary/aromatic N) is 1. The molecule has 1 atom stereocenters. The van der Waals surface area contributed by atoms with Crippen molar-refractivity contribution in [1.29, 1.82) is 0 Å². The summed E-state index contributed by atoms with van der Waals surface area (Å²) in [4.78, 5) is 39.4. The van der Waals surface area contributed by atoms with Gasteiger partial charge in [-0.3, -0.25) is 4.79 Å². The maximum absolute atomic E-state index is 12.2. The Labute approximate surface area is 172 Å². The summed E-state index contributed by atoms with van der Waals surface area (Å²) in [6, 6.07) is 8.51. The van der Waals surface area contributed by atoms with Gasteiger partial charge < -0.3 is 19.9 Å². The van der Waals surface area contributed by atoms with Crippen LogP contribution in [0.5, 0.6) is 0 Å². The van der Waals surface area contributed by atoms with Crippen molar-refractivity contribution in [3.8, 4) is 0 Å². The largest absolute Gasteiger partial charge is 0.476 e. The third-order valence-corrected chi connectivity index (χ3v) is 4.56. The van der Waals surface area contributed by atoms with Gasteiger partial charge in [0.15, 0.2) is 5.69 Å². The molecule has 156 valence electrons. The molecule has 8 nitrogen and oxygen atoms in total. The van der Waals surface area contributed by atoms with Crippen LogP contribution in [-0.2, 0) is 20.9 Å². The zero-order valence-electron chi connectivity index (χ0n) is 16.5. The van der Waals surface area contributed by atoms with Crippen molar-refractivity contribution in [2.45, 2.75) is 51.9 Å². The molecule has 0 saturated heterocycles. The lowest BCUT2D eigenvalue weighted by atomic mass is 10.1. The smallest absolute Gasteiger partial charge is 0.408 e. The van der Waals surface area contributed by atoms with Crippen LogP contribution in [0.4, 0.5) is 4.79 Å². The number of aromatic carboxylic acids is 1. The fraction of sp³-hybridized carbons (Fsp3) is 0.400. The summed E-state index contributed by atoms with van der Waals surface area (Å²) in [6.45, 7) is 5.38. The van der Waals surface area contributed by atoms with Gasteiger partial charge in [-0.05, 0) is 32.8 Å². The van der Waals surface area contributed by atoms with Crippen molar-refractivity contribution >= 4 is 29.4 Å². The number of amides is 1. The van der Waals surface area contributed by atoms with Gasteiger partial charge in [-0.15, -0.1) is 11.3 Å². The molecule has 0 aliphatic carbocycles. The minimum absolute atomic E-state index is 0.0306. The van der Waals surface area contributed by atoms with E-state index in [2.05, 4.69) is 10.3 Å². The molecule has 1 heterocycles. The summed E-state index contributed by atoms with van der Waals surface area (Å²) in [7, 11) is 0. The summed E-state index contributed by atoms with van der Waals surface area (Å²) >= 11 is 1.09. The number of carboxylic acids is 1. The molecule has 0 aliphatic heterocycles. The van der Waals surface area contributed by atoms with Crippen molar-refractivity contribution in [3.63, 3.8) is 0 Å². The van der Waals surface area contributed by atoms with Gasteiger partial charge in [0.05, 0.1) is 6.04 Å². The van der Waals surface area contributed by atoms with E-state index in [1.165, 1.54) is 5.38 Å². The van der Waals surface area contributed by atoms with E-state index in [-0.39, 0.29) is 25.1 Å². The molecule has 1 aromatic heterocycles. The van der Waals surface area contributed by atoms with Gasteiger partial charge in [-0.2, -0.15) is 0 Å². The number of alkyl carbamates (subject to hydrolysis) is 1. The summed E-state index contributed by atoms with van der Waals surface area (Å²) in [5.41, 5.74) is 0.0915. The Morgan fingerprint density at radius 1 is 1.21 bits per heavy atom. The Kier molecular flexibility index (Phi) is 7.72. The average Bonchev–Trinajstić information content (AvgIpc) is 3.13. The van der Waals surface area contributed by atoms with Crippen LogP contribution in [0.2, 0.25) is 0 Å². The fourth-order valence-corrected chi connectivity index (χ4v) is 3.24. The monoisotopic (exact) mass is 420 g/mol. The van der Waals surface area contributed by atoms with E-state index >= 15 is 0 Å². The molecule has 0 aliphatic rings. The third kappa shape index (κ3) is 7.90. The summed E-state index contributed by atoms with van der Waals surface area (Å²) in [5.74, 6) is -1.58. The first-order valence-corrected chi connectivity index (χ1v) is 9.90. The lowest BCUT2D eigenvalue weighted by Gasteiger charge is -2.21. The first kappa shape index (κ1) is 22.4. The molecule has 0 saturated carbocycles. The third-order valence-electron chi connectivity index (χ3n) is 3.60. The molecular formula is C20H24N2O6S. The molecule has 2 aromatic rings. The number of rotatable bonds is 8. The van der Waals surface area contributed by atoms with E-state index in [0.717, 1.165) is 16.9 Å². The predicted molar refractivity (Wildman–Crippen MR) is 107 cm³/mol. The van der Waals surface area contributed by atoms with E-state index in [1.54, 1.807) is 20.8 Å². The number of benzene rings is 1. The van der Waals surface area contributed by atoms with Crippen LogP contribution < -0.4 is 5.32 Å². The van der Waals surface area contributed by atoms with E-state index < -0.39 is 29.7 Å². The molecule has 1 aromatic carbocycles. The molecule has 0 unspecified atom stereocenters. The normalized spacial score (nSPS) is 12.1. The Morgan fingerprint density at radius 3 is 2.48 bits per heavy atom. The molecule has 9 heteroatoms. The van der Waals surface area contributed by atoms with Crippen molar-refractivity contribution in [1.82, 2.24) is 10.3 Å². The van der Waals surface area contributed by atoms with E-state index in [0.29, 0.717) is 5.01 Å². The molecule has 0 spiro atoms. The molecular weight excluding hydrogens is 396 g/mol. The van der Waals surface area contributed by atoms with Gasteiger partial charge in [0, 0.05) is 11.8 Å². The first-order valence-electron chi connectivity index (χ1n) is 9.02. The van der Waals surface area contributed by atoms with Gasteiger partial charge in [-0.1, -0.05) is 30.3 Å². The highest BCUT2D eigenvalue weighted by atomic mass is 32.1. The van der Waals surface area contributed by atoms with Crippen LogP contribution in [0.15, 0.2) is 35.7 Å². The van der Waals surface area contributed by atoms with Crippen LogP contribution in [0.25, 0.3) is 0 Å². The Morgan fingerprint density at radius 2 is 1.90 bits per heavy atom. The van der Waals surface area contributed by atoms with Gasteiger partial charge in [0.25, 0.3) is 0 Å². The Bertz CT molecular complexity index is 844. The number of hydrogen-bond donors (Lipinski definition) is 2. The van der Waals surface area contributed by atoms with Crippen molar-refractivity contribution in [3.05, 3.63) is 52.0 Å². The maximum Gasteiger partial charge on any atom is 0.408 e. The average molecular weight is 420 g/mol. The number of nitrogens with one attached hydrogen (secondary N) is 1. The Hall–Kier alpha value is -2.94. The lowest BCUT2D eigenvalue weighted by molar-refractivity contribution is -0.155. The highest BCUT2D eigenvalue weighted by Gasteiger charge is 2.23. The van der Waals surface area contributed by atoms with Crippen molar-refractivity contribution in [2.24, 2.45) is 0 Å². The number of esters is 1. The van der Waals surface area contributed by atoms with E-state index in [4.69, 9.17) is 14.6 Å². The minimum atomic E-state index is -1.16. The highest BCUT2D eigenvalue weighted by molar-refractivity contribution is 7.09. The van der Waals surface area contributed by atoms with Crippen LogP contribution in [0.3, 0.4) is 0 Å². The molecule has 29 heavy (non-hydrogen) atoms. The van der Waals surface area contributed by atoms with Gasteiger partial charge in [-0.25, -0.2) is 14.6 Å². The topological polar surface area (TPSA) is 115 Å². The fourth-order valence-electron chi connectivity index (χ4n) is 2.37. The molecule has 0 radical (unpaired) electrons. The molecule has 1 amide bonds. The summed E-state index contributed by atoms with van der Waals surface area (Å²) in [6.07, 6.45) is -0.458. The second-order valence-corrected chi connectivity index (χ2v) is 8.15. The van der Waals surface area contributed by atoms with Gasteiger partial charge >= 0.3 is 18.0 Å². The van der Waals surface area contributed by atoms with E-state index in [1.807, 2.05) is 30.3 Å². The number of carbonyl (C=O) groups is 3. The Balaban J connectivity index is 2.02. The lowest BCUT2D eigenvalue weighted by Crippen LogP contribution is -2.30. The summed E-state index contributed by atoms with van der Waals surface area (Å²) < 4.78 is 10.5. The van der Waals surface area contributed by atoms with Gasteiger partial charge in [0.1, 0.15) is 17.2 Å². The number of carbonyl (C=O) groups excluding carboxylic acids is 2. The first-order chi connectivity index (χ1) is 13.6. The highest BCUT2D eigenvalue weighted by Crippen LogP contribution is 2.24. The number of aromatic nitrogens is 1. The van der Waals surface area contributed by atoms with Crippen LogP contribution in [0.1, 0.15) is 60.7 Å². The van der Waals surface area contributed by atoms with Crippen LogP contribution >= 0.6 is 11.3 Å². The molecule has 0 bridgehead atoms.